The minimum absolute atomic E-state index is 0.00248. The van der Waals surface area contributed by atoms with E-state index >= 15 is 0 Å². The van der Waals surface area contributed by atoms with E-state index in [2.05, 4.69) is 0 Å². The average Bonchev–Trinajstić information content (AvgIpc) is 3.32. The fraction of sp³-hybridized carbons (Fsp3) is 0.154. The maximum atomic E-state index is 14.1. The number of aromatic nitrogens is 4. The summed E-state index contributed by atoms with van der Waals surface area (Å²) in [5.41, 5.74) is 0.894. The van der Waals surface area contributed by atoms with Crippen LogP contribution in [0.4, 0.5) is 39.5 Å². The molecule has 15 heteroatoms. The molecule has 0 bridgehead atoms. The number of halogens is 9. The van der Waals surface area contributed by atoms with Crippen LogP contribution in [0, 0.1) is 0 Å². The number of nitrogens with zero attached hydrogens (tertiary/aromatic N) is 6. The zero-order chi connectivity index (χ0) is 46.9. The van der Waals surface area contributed by atoms with Crippen molar-refractivity contribution < 1.29 is 39.5 Å². The topological polar surface area (TPSA) is 76.3 Å². The molecule has 3 unspecified atom stereocenters. The largest absolute Gasteiger partial charge is 0.416 e. The maximum absolute atomic E-state index is 14.1. The summed E-state index contributed by atoms with van der Waals surface area (Å²) >= 11 is 0. The smallest absolute Gasteiger partial charge is 0.272 e. The summed E-state index contributed by atoms with van der Waals surface area (Å²) in [4.78, 5) is 29.8. The van der Waals surface area contributed by atoms with E-state index in [0.717, 1.165) is 36.4 Å². The first-order chi connectivity index (χ1) is 31.9. The highest BCUT2D eigenvalue weighted by Gasteiger charge is 2.44. The lowest BCUT2D eigenvalue weighted by Gasteiger charge is -2.37. The summed E-state index contributed by atoms with van der Waals surface area (Å²) in [6.45, 7) is 1.68. The van der Waals surface area contributed by atoms with Crippen molar-refractivity contribution in [2.45, 2.75) is 49.4 Å². The summed E-state index contributed by atoms with van der Waals surface area (Å²) in [7, 11) is 0. The van der Waals surface area contributed by atoms with E-state index in [4.69, 9.17) is 29.9 Å². The van der Waals surface area contributed by atoms with Crippen LogP contribution >= 0.6 is 0 Å². The van der Waals surface area contributed by atoms with Gasteiger partial charge in [-0.15, -0.1) is 0 Å². The summed E-state index contributed by atoms with van der Waals surface area (Å²) < 4.78 is 126. The van der Waals surface area contributed by atoms with Gasteiger partial charge >= 0.3 is 18.5 Å². The highest BCUT2D eigenvalue weighted by atomic mass is 19.4. The molecule has 1 aliphatic heterocycles. The first-order valence-corrected chi connectivity index (χ1v) is 20.9. The van der Waals surface area contributed by atoms with Crippen LogP contribution in [0.5, 0.6) is 0 Å². The third kappa shape index (κ3) is 8.34. The molecular weight excluding hydrogens is 880 g/mol. The van der Waals surface area contributed by atoms with E-state index in [1.807, 2.05) is 12.2 Å². The molecule has 6 nitrogen and oxygen atoms in total. The highest BCUT2D eigenvalue weighted by Crippen LogP contribution is 2.45. The van der Waals surface area contributed by atoms with Gasteiger partial charge in [-0.2, -0.15) is 39.5 Å². The van der Waals surface area contributed by atoms with Gasteiger partial charge in [0.25, 0.3) is 0 Å². The molecule has 334 valence electrons. The molecule has 0 N–H and O–H groups in total. The van der Waals surface area contributed by atoms with Crippen LogP contribution in [0.3, 0.4) is 0 Å². The van der Waals surface area contributed by atoms with Crippen LogP contribution in [-0.2, 0) is 12.4 Å². The number of hydrogen-bond donors (Lipinski definition) is 0. The number of alkyl halides is 9. The fourth-order valence-corrected chi connectivity index (χ4v) is 8.57. The monoisotopic (exact) mass is 912 g/mol. The molecule has 3 atom stereocenters. The molecule has 3 heterocycles. The predicted molar refractivity (Wildman–Crippen MR) is 239 cm³/mol. The lowest BCUT2D eigenvalue weighted by atomic mass is 9.79. The van der Waals surface area contributed by atoms with Crippen molar-refractivity contribution in [2.24, 2.45) is 9.98 Å². The lowest BCUT2D eigenvalue weighted by Crippen LogP contribution is -2.43. The van der Waals surface area contributed by atoms with Gasteiger partial charge in [-0.25, -0.2) is 19.9 Å². The molecule has 2 aromatic heterocycles. The number of hydrogen-bond acceptors (Lipinski definition) is 6. The van der Waals surface area contributed by atoms with E-state index in [1.54, 1.807) is 97.9 Å². The minimum atomic E-state index is -4.65. The first-order valence-electron chi connectivity index (χ1n) is 20.9. The average molecular weight is 913 g/mol. The van der Waals surface area contributed by atoms with Gasteiger partial charge in [0.2, 0.25) is 0 Å². The summed E-state index contributed by atoms with van der Waals surface area (Å²) in [5, 5.41) is 0. The molecule has 5 aromatic carbocycles. The van der Waals surface area contributed by atoms with Crippen LogP contribution in [-0.4, -0.2) is 49.1 Å². The van der Waals surface area contributed by atoms with Crippen LogP contribution in [0.2, 0.25) is 0 Å². The second kappa shape index (κ2) is 16.1. The molecule has 10 rings (SSSR count). The van der Waals surface area contributed by atoms with Gasteiger partial charge in [0, 0.05) is 22.6 Å². The van der Waals surface area contributed by atoms with E-state index in [1.165, 1.54) is 18.2 Å². The molecule has 2 aliphatic carbocycles. The van der Waals surface area contributed by atoms with Gasteiger partial charge in [-0.1, -0.05) is 109 Å². The first kappa shape index (κ1) is 43.3. The van der Waals surface area contributed by atoms with Gasteiger partial charge in [0.05, 0.1) is 79.0 Å². The van der Waals surface area contributed by atoms with Gasteiger partial charge in [0.15, 0.2) is 0 Å². The Morgan fingerprint density at radius 3 is 1.61 bits per heavy atom. The van der Waals surface area contributed by atoms with Crippen molar-refractivity contribution >= 4 is 39.1 Å². The third-order valence-corrected chi connectivity index (χ3v) is 11.9. The molecule has 7 aromatic rings. The number of benzene rings is 5. The van der Waals surface area contributed by atoms with E-state index < -0.39 is 52.7 Å². The number of aliphatic imine (C=N–C) groups is 2. The van der Waals surface area contributed by atoms with Crippen molar-refractivity contribution in [3.05, 3.63) is 197 Å². The molecule has 0 saturated heterocycles. The standard InChI is InChI=1S/C52H33F9N6/c1-49-22-21-37(52(59,60)61)28-42(49)66-45(31-15-9-4-10-16-31)48(67-49)34-24-32(46-43(29-11-5-2-6-12-29)64-40-26-35(50(53,54)55)17-19-38(40)62-46)23-33(25-34)47-44(30-13-7-3-8-14-30)65-41-27-36(51(56,57)58)18-20-39(41)63-47/h2-22,24-28,32,42H,23H2,1H3. The maximum Gasteiger partial charge on any atom is 0.416 e. The molecule has 0 radical (unpaired) electrons. The molecule has 0 fully saturated rings. The van der Waals surface area contributed by atoms with Gasteiger partial charge in [0.1, 0.15) is 5.54 Å². The van der Waals surface area contributed by atoms with Crippen LogP contribution in [0.15, 0.2) is 179 Å². The van der Waals surface area contributed by atoms with Crippen molar-refractivity contribution in [3.8, 4) is 22.5 Å². The molecular formula is C52H33F9N6. The van der Waals surface area contributed by atoms with Gasteiger partial charge in [-0.3, -0.25) is 9.98 Å². The Hall–Kier alpha value is -7.55. The molecule has 3 aliphatic rings. The van der Waals surface area contributed by atoms with E-state index in [-0.39, 0.29) is 39.9 Å². The molecule has 0 amide bonds. The number of fused-ring (bicyclic) bond motifs is 3. The SMILES string of the molecule is CC12C=CC(C(F)(F)F)=CC1N=C(c1ccccc1)C(C1=CC(c3nc4ccc(C(F)(F)F)cc4nc3-c3ccccc3)CC(c3nc4ccc(C(F)(F)F)cc4nc3-c3ccccc3)=C1)=N2. The second-order valence-electron chi connectivity index (χ2n) is 16.5. The van der Waals surface area contributed by atoms with Gasteiger partial charge in [-0.05, 0) is 73.0 Å². The van der Waals surface area contributed by atoms with Crippen molar-refractivity contribution in [1.82, 2.24) is 19.9 Å². The lowest BCUT2D eigenvalue weighted by molar-refractivity contribution is -0.138. The summed E-state index contributed by atoms with van der Waals surface area (Å²) in [6, 6.07) is 31.7. The number of allylic oxidation sites excluding steroid dienone is 6. The van der Waals surface area contributed by atoms with E-state index in [0.29, 0.717) is 50.6 Å². The zero-order valence-electron chi connectivity index (χ0n) is 35.0. The summed E-state index contributed by atoms with van der Waals surface area (Å²) in [5.74, 6) is -0.734. The highest BCUT2D eigenvalue weighted by molar-refractivity contribution is 6.54. The Morgan fingerprint density at radius 2 is 1.04 bits per heavy atom. The minimum Gasteiger partial charge on any atom is -0.272 e. The molecule has 67 heavy (non-hydrogen) atoms. The van der Waals surface area contributed by atoms with Crippen molar-refractivity contribution in [1.29, 1.82) is 0 Å². The van der Waals surface area contributed by atoms with Crippen molar-refractivity contribution in [3.63, 3.8) is 0 Å². The fourth-order valence-electron chi connectivity index (χ4n) is 8.57. The molecule has 0 saturated carbocycles. The Bertz CT molecular complexity index is 3300. The Kier molecular flexibility index (Phi) is 10.4. The van der Waals surface area contributed by atoms with Gasteiger partial charge < -0.3 is 0 Å². The third-order valence-electron chi connectivity index (χ3n) is 11.9. The number of rotatable bonds is 6. The Balaban J connectivity index is 1.24. The second-order valence-corrected chi connectivity index (χ2v) is 16.5. The zero-order valence-corrected chi connectivity index (χ0v) is 35.0. The van der Waals surface area contributed by atoms with Crippen molar-refractivity contribution in [2.75, 3.05) is 0 Å². The normalized spacial score (nSPS) is 19.9. The van der Waals surface area contributed by atoms with Crippen LogP contribution < -0.4 is 0 Å². The Labute approximate surface area is 376 Å². The molecule has 0 spiro atoms. The van der Waals surface area contributed by atoms with Crippen LogP contribution in [0.25, 0.3) is 50.2 Å². The quantitative estimate of drug-likeness (QED) is 0.156. The summed E-state index contributed by atoms with van der Waals surface area (Å²) in [6.07, 6.45) is -6.69. The predicted octanol–water partition coefficient (Wildman–Crippen LogP) is 13.6. The van der Waals surface area contributed by atoms with Crippen LogP contribution in [0.1, 0.15) is 47.3 Å². The van der Waals surface area contributed by atoms with E-state index in [9.17, 15) is 39.5 Å². The Morgan fingerprint density at radius 1 is 0.522 bits per heavy atom.